The van der Waals surface area contributed by atoms with E-state index >= 15 is 0 Å². The highest BCUT2D eigenvalue weighted by Crippen LogP contribution is 2.35. The molecule has 16 heteroatoms. The third-order valence-corrected chi connectivity index (χ3v) is 11.7. The highest BCUT2D eigenvalue weighted by molar-refractivity contribution is 6.00. The topological polar surface area (TPSA) is 190 Å². The highest BCUT2D eigenvalue weighted by atomic mass is 16.6. The maximum absolute atomic E-state index is 13.1. The Balaban J connectivity index is 0.698. The smallest absolute Gasteiger partial charge is 0.329 e. The van der Waals surface area contributed by atoms with Gasteiger partial charge in [-0.05, 0) is 93.2 Å². The molecule has 314 valence electrons. The van der Waals surface area contributed by atoms with Crippen LogP contribution in [0.2, 0.25) is 0 Å². The maximum atomic E-state index is 13.1. The Kier molecular flexibility index (Phi) is 14.7. The molecule has 3 aliphatic rings. The molecule has 3 aromatic heterocycles. The lowest BCUT2D eigenvalue weighted by Gasteiger charge is -2.29. The number of aromatic amines is 1. The maximum Gasteiger partial charge on any atom is 0.329 e. The summed E-state index contributed by atoms with van der Waals surface area (Å²) in [6.07, 6.45) is 12.7. The van der Waals surface area contributed by atoms with Crippen molar-refractivity contribution >= 4 is 39.8 Å². The minimum atomic E-state index is -0.705. The van der Waals surface area contributed by atoms with E-state index in [2.05, 4.69) is 26.8 Å². The number of piperidine rings is 1. The van der Waals surface area contributed by atoms with Gasteiger partial charge in [0, 0.05) is 50.9 Å². The average molecular weight is 804 g/mol. The molecule has 7 rings (SSSR count). The second kappa shape index (κ2) is 20.5. The Bertz CT molecular complexity index is 2060. The molecule has 3 N–H and O–H groups in total. The monoisotopic (exact) mass is 803 g/mol. The van der Waals surface area contributed by atoms with Gasteiger partial charge in [0.05, 0.1) is 56.4 Å². The number of hydrogen-bond acceptors (Lipinski definition) is 11. The number of rotatable bonds is 20. The molecule has 1 aliphatic carbocycles. The van der Waals surface area contributed by atoms with Crippen molar-refractivity contribution in [3.63, 3.8) is 0 Å². The van der Waals surface area contributed by atoms with E-state index in [1.807, 2.05) is 18.2 Å². The first-order valence-corrected chi connectivity index (χ1v) is 20.9. The van der Waals surface area contributed by atoms with Gasteiger partial charge >= 0.3 is 5.69 Å². The van der Waals surface area contributed by atoms with Gasteiger partial charge in [0.25, 0.3) is 0 Å². The first kappa shape index (κ1) is 41.7. The number of H-pyrrole nitrogens is 1. The van der Waals surface area contributed by atoms with E-state index in [0.717, 1.165) is 87.0 Å². The predicted octanol–water partition coefficient (Wildman–Crippen LogP) is 3.40. The quantitative estimate of drug-likeness (QED) is 0.0878. The SMILES string of the molecule is Cn1c(=O)n(C2CCC(=O)NC2=O)c2cccc(CCCOCCOCCOCCOCC(=O)NC3CCC(Cc4ncnc5[nH]cc(C6CCOCC6)c45)CC3)c21. The van der Waals surface area contributed by atoms with E-state index in [1.54, 1.807) is 17.9 Å². The molecule has 0 spiro atoms. The van der Waals surface area contributed by atoms with Gasteiger partial charge in [-0.25, -0.2) is 14.8 Å². The summed E-state index contributed by atoms with van der Waals surface area (Å²) in [5.41, 5.74) is 5.57. The normalized spacial score (nSPS) is 20.5. The van der Waals surface area contributed by atoms with Crippen LogP contribution < -0.4 is 16.3 Å². The number of imidazole rings is 1. The van der Waals surface area contributed by atoms with Gasteiger partial charge in [-0.3, -0.25) is 28.8 Å². The number of carbonyl (C=O) groups excluding carboxylic acids is 3. The standard InChI is InChI=1S/C42H57N7O9/c1-48-39-30(4-2-6-34(39)49(42(48)53)35-11-12-36(50)47-41(35)52)5-3-15-54-18-19-56-20-21-57-22-23-58-26-37(51)46-31-9-7-28(8-10-31)24-33-38-32(29-13-16-55-17-14-29)25-43-40(38)45-27-44-33/h2,4,6,25,27-29,31,35H,3,5,7-24,26H2,1H3,(H,46,51)(H,43,44,45)(H,47,50,52). The third kappa shape index (κ3) is 10.4. The van der Waals surface area contributed by atoms with Crippen molar-refractivity contribution in [3.05, 3.63) is 58.0 Å². The van der Waals surface area contributed by atoms with Crippen LogP contribution in [0, 0.1) is 5.92 Å². The summed E-state index contributed by atoms with van der Waals surface area (Å²) in [6.45, 7) is 4.59. The lowest BCUT2D eigenvalue weighted by Crippen LogP contribution is -2.44. The van der Waals surface area contributed by atoms with Crippen molar-refractivity contribution in [2.45, 2.75) is 88.6 Å². The number of aromatic nitrogens is 5. The average Bonchev–Trinajstić information content (AvgIpc) is 3.78. The van der Waals surface area contributed by atoms with Crippen LogP contribution in [0.3, 0.4) is 0 Å². The molecule has 3 fully saturated rings. The molecular formula is C42H57N7O9. The van der Waals surface area contributed by atoms with Gasteiger partial charge in [-0.2, -0.15) is 0 Å². The summed E-state index contributed by atoms with van der Waals surface area (Å²) in [7, 11) is 1.71. The number of nitrogens with zero attached hydrogens (tertiary/aromatic N) is 4. The fourth-order valence-electron chi connectivity index (χ4n) is 8.73. The van der Waals surface area contributed by atoms with E-state index in [1.165, 1.54) is 15.5 Å². The number of ether oxygens (including phenoxy) is 5. The number of para-hydroxylation sites is 1. The van der Waals surface area contributed by atoms with Gasteiger partial charge < -0.3 is 34.0 Å². The molecule has 1 aromatic carbocycles. The number of nitrogens with one attached hydrogen (secondary N) is 3. The summed E-state index contributed by atoms with van der Waals surface area (Å²) in [5.74, 6) is 0.164. The number of carbonyl (C=O) groups is 3. The Morgan fingerprint density at radius 3 is 2.36 bits per heavy atom. The zero-order valence-corrected chi connectivity index (χ0v) is 33.5. The minimum absolute atomic E-state index is 0.0148. The summed E-state index contributed by atoms with van der Waals surface area (Å²) in [4.78, 5) is 62.4. The molecule has 4 aromatic rings. The first-order valence-electron chi connectivity index (χ1n) is 20.9. The lowest BCUT2D eigenvalue weighted by atomic mass is 9.82. The van der Waals surface area contributed by atoms with Gasteiger partial charge in [0.1, 0.15) is 24.6 Å². The fraction of sp³-hybridized carbons (Fsp3) is 0.619. The van der Waals surface area contributed by atoms with Crippen LogP contribution in [-0.2, 0) is 58.0 Å². The van der Waals surface area contributed by atoms with Crippen molar-refractivity contribution in [2.75, 3.05) is 66.1 Å². The molecule has 1 unspecified atom stereocenters. The Hall–Kier alpha value is -4.48. The molecule has 3 amide bonds. The van der Waals surface area contributed by atoms with Crippen LogP contribution in [-0.4, -0.2) is 114 Å². The molecule has 0 radical (unpaired) electrons. The van der Waals surface area contributed by atoms with Gasteiger partial charge in [-0.1, -0.05) is 12.1 Å². The zero-order valence-electron chi connectivity index (χ0n) is 33.5. The van der Waals surface area contributed by atoms with Crippen molar-refractivity contribution in [3.8, 4) is 0 Å². The van der Waals surface area contributed by atoms with E-state index in [9.17, 15) is 19.2 Å². The van der Waals surface area contributed by atoms with E-state index < -0.39 is 11.9 Å². The molecule has 5 heterocycles. The summed E-state index contributed by atoms with van der Waals surface area (Å²) in [6, 6.07) is 5.17. The van der Waals surface area contributed by atoms with Crippen molar-refractivity contribution in [1.29, 1.82) is 0 Å². The van der Waals surface area contributed by atoms with Crippen LogP contribution in [0.25, 0.3) is 22.1 Å². The van der Waals surface area contributed by atoms with Crippen LogP contribution in [0.5, 0.6) is 0 Å². The van der Waals surface area contributed by atoms with Gasteiger partial charge in [0.15, 0.2) is 0 Å². The third-order valence-electron chi connectivity index (χ3n) is 11.7. The van der Waals surface area contributed by atoms with Crippen molar-refractivity contribution in [2.24, 2.45) is 13.0 Å². The predicted molar refractivity (Wildman–Crippen MR) is 214 cm³/mol. The fourth-order valence-corrected chi connectivity index (χ4v) is 8.73. The Morgan fingerprint density at radius 1 is 0.897 bits per heavy atom. The molecular weight excluding hydrogens is 747 g/mol. The van der Waals surface area contributed by atoms with Crippen LogP contribution in [0.15, 0.2) is 35.5 Å². The number of amides is 3. The Morgan fingerprint density at radius 2 is 1.62 bits per heavy atom. The second-order valence-corrected chi connectivity index (χ2v) is 15.6. The molecule has 0 bridgehead atoms. The number of aryl methyl sites for hydroxylation is 2. The number of hydrogen-bond donors (Lipinski definition) is 3. The highest BCUT2D eigenvalue weighted by Gasteiger charge is 2.32. The molecule has 1 atom stereocenters. The summed E-state index contributed by atoms with van der Waals surface area (Å²) < 4.78 is 31.2. The number of imide groups is 1. The number of fused-ring (bicyclic) bond motifs is 2. The molecule has 1 saturated carbocycles. The van der Waals surface area contributed by atoms with Crippen LogP contribution in [0.1, 0.15) is 86.6 Å². The number of benzene rings is 1. The molecule has 16 nitrogen and oxygen atoms in total. The van der Waals surface area contributed by atoms with E-state index in [-0.39, 0.29) is 36.6 Å². The van der Waals surface area contributed by atoms with Crippen molar-refractivity contribution < 1.29 is 38.1 Å². The minimum Gasteiger partial charge on any atom is -0.381 e. The second-order valence-electron chi connectivity index (χ2n) is 15.6. The summed E-state index contributed by atoms with van der Waals surface area (Å²) >= 11 is 0. The van der Waals surface area contributed by atoms with Crippen LogP contribution >= 0.6 is 0 Å². The zero-order chi connectivity index (χ0) is 40.3. The molecule has 2 saturated heterocycles. The van der Waals surface area contributed by atoms with Crippen LogP contribution in [0.4, 0.5) is 0 Å². The van der Waals surface area contributed by atoms with Gasteiger partial charge in [-0.15, -0.1) is 0 Å². The molecule has 2 aliphatic heterocycles. The van der Waals surface area contributed by atoms with Gasteiger partial charge in [0.2, 0.25) is 17.7 Å². The van der Waals surface area contributed by atoms with E-state index in [0.29, 0.717) is 76.4 Å². The molecule has 58 heavy (non-hydrogen) atoms. The largest absolute Gasteiger partial charge is 0.381 e. The summed E-state index contributed by atoms with van der Waals surface area (Å²) in [5, 5.41) is 6.69. The Labute approximate surface area is 337 Å². The first-order chi connectivity index (χ1) is 28.4. The lowest BCUT2D eigenvalue weighted by molar-refractivity contribution is -0.135. The van der Waals surface area contributed by atoms with E-state index in [4.69, 9.17) is 28.7 Å². The van der Waals surface area contributed by atoms with Crippen molar-refractivity contribution in [1.82, 2.24) is 34.7 Å².